The number of carbonyl (C=O) groups is 2. The molecule has 0 radical (unpaired) electrons. The van der Waals surface area contributed by atoms with E-state index >= 15 is 0 Å². The summed E-state index contributed by atoms with van der Waals surface area (Å²) in [7, 11) is 0. The second-order valence-corrected chi connectivity index (χ2v) is 6.71. The van der Waals surface area contributed by atoms with Crippen LogP contribution < -0.4 is 15.0 Å². The maximum atomic E-state index is 12.1. The summed E-state index contributed by atoms with van der Waals surface area (Å²) in [6.45, 7) is 2.57. The van der Waals surface area contributed by atoms with Crippen LogP contribution in [0.4, 0.5) is 5.69 Å². The molecule has 1 saturated heterocycles. The van der Waals surface area contributed by atoms with Crippen molar-refractivity contribution in [3.05, 3.63) is 59.1 Å². The maximum absolute atomic E-state index is 12.1. The van der Waals surface area contributed by atoms with Gasteiger partial charge in [0, 0.05) is 23.7 Å². The number of nitrogens with zero attached hydrogens (tertiary/aromatic N) is 1. The van der Waals surface area contributed by atoms with Crippen molar-refractivity contribution >= 4 is 29.1 Å². The van der Waals surface area contributed by atoms with Crippen molar-refractivity contribution in [1.82, 2.24) is 5.32 Å². The summed E-state index contributed by atoms with van der Waals surface area (Å²) in [4.78, 5) is 25.6. The van der Waals surface area contributed by atoms with Crippen molar-refractivity contribution in [2.24, 2.45) is 0 Å². The van der Waals surface area contributed by atoms with Gasteiger partial charge in [0.2, 0.25) is 5.91 Å². The molecular formula is C20H21ClN2O3. The fourth-order valence-electron chi connectivity index (χ4n) is 2.93. The van der Waals surface area contributed by atoms with Crippen LogP contribution in [0.2, 0.25) is 5.02 Å². The Bertz CT molecular complexity index is 792. The van der Waals surface area contributed by atoms with Gasteiger partial charge in [-0.05, 0) is 55.3 Å². The number of amides is 2. The van der Waals surface area contributed by atoms with Crippen LogP contribution in [-0.4, -0.2) is 25.0 Å². The molecule has 0 aromatic heterocycles. The number of rotatable bonds is 6. The van der Waals surface area contributed by atoms with Gasteiger partial charge in [-0.15, -0.1) is 0 Å². The zero-order chi connectivity index (χ0) is 18.5. The van der Waals surface area contributed by atoms with Gasteiger partial charge >= 0.3 is 0 Å². The molecule has 2 aromatic rings. The molecule has 2 amide bonds. The highest BCUT2D eigenvalue weighted by molar-refractivity contribution is 6.30. The lowest BCUT2D eigenvalue weighted by molar-refractivity contribution is -0.123. The molecule has 0 saturated carbocycles. The van der Waals surface area contributed by atoms with Crippen LogP contribution in [0.15, 0.2) is 48.5 Å². The molecular weight excluding hydrogens is 352 g/mol. The minimum Gasteiger partial charge on any atom is -0.484 e. The first-order valence-corrected chi connectivity index (χ1v) is 8.99. The van der Waals surface area contributed by atoms with E-state index in [2.05, 4.69) is 5.32 Å². The summed E-state index contributed by atoms with van der Waals surface area (Å²) < 4.78 is 5.53. The summed E-state index contributed by atoms with van der Waals surface area (Å²) in [6, 6.07) is 14.4. The Kier molecular flexibility index (Phi) is 5.78. The third kappa shape index (κ3) is 4.55. The van der Waals surface area contributed by atoms with E-state index in [4.69, 9.17) is 16.3 Å². The molecule has 0 bridgehead atoms. The van der Waals surface area contributed by atoms with Gasteiger partial charge in [-0.1, -0.05) is 23.7 Å². The Morgan fingerprint density at radius 1 is 1.27 bits per heavy atom. The van der Waals surface area contributed by atoms with Gasteiger partial charge in [-0.2, -0.15) is 0 Å². The van der Waals surface area contributed by atoms with E-state index in [1.54, 1.807) is 23.1 Å². The van der Waals surface area contributed by atoms with Crippen LogP contribution in [-0.2, 0) is 9.59 Å². The van der Waals surface area contributed by atoms with Gasteiger partial charge < -0.3 is 15.0 Å². The van der Waals surface area contributed by atoms with E-state index < -0.39 is 0 Å². The molecule has 1 aliphatic heterocycles. The molecule has 0 spiro atoms. The van der Waals surface area contributed by atoms with E-state index in [1.807, 2.05) is 37.3 Å². The van der Waals surface area contributed by atoms with E-state index in [-0.39, 0.29) is 24.5 Å². The minimum absolute atomic E-state index is 0.0765. The summed E-state index contributed by atoms with van der Waals surface area (Å²) in [5.41, 5.74) is 1.80. The van der Waals surface area contributed by atoms with Crippen molar-refractivity contribution in [2.45, 2.75) is 25.8 Å². The number of hydrogen-bond acceptors (Lipinski definition) is 3. The average Bonchev–Trinajstić information content (AvgIpc) is 3.06. The smallest absolute Gasteiger partial charge is 0.258 e. The van der Waals surface area contributed by atoms with Crippen LogP contribution in [0.5, 0.6) is 5.75 Å². The quantitative estimate of drug-likeness (QED) is 0.840. The van der Waals surface area contributed by atoms with E-state index in [0.717, 1.165) is 24.2 Å². The molecule has 1 aliphatic rings. The zero-order valence-electron chi connectivity index (χ0n) is 14.6. The van der Waals surface area contributed by atoms with Crippen molar-refractivity contribution in [2.75, 3.05) is 18.1 Å². The van der Waals surface area contributed by atoms with Gasteiger partial charge in [0.1, 0.15) is 5.75 Å². The highest BCUT2D eigenvalue weighted by atomic mass is 35.5. The SMILES string of the molecule is CC(NC(=O)COc1ccc(N2CCCC2=O)cc1)c1cccc(Cl)c1. The highest BCUT2D eigenvalue weighted by Crippen LogP contribution is 2.24. The van der Waals surface area contributed by atoms with Gasteiger partial charge in [0.15, 0.2) is 6.61 Å². The predicted octanol–water partition coefficient (Wildman–Crippen LogP) is 3.72. The second-order valence-electron chi connectivity index (χ2n) is 6.28. The molecule has 1 atom stereocenters. The van der Waals surface area contributed by atoms with Crippen LogP contribution in [0.1, 0.15) is 31.4 Å². The Labute approximate surface area is 157 Å². The fourth-order valence-corrected chi connectivity index (χ4v) is 3.13. The first-order valence-electron chi connectivity index (χ1n) is 8.61. The summed E-state index contributed by atoms with van der Waals surface area (Å²) in [5.74, 6) is 0.523. The van der Waals surface area contributed by atoms with Crippen LogP contribution >= 0.6 is 11.6 Å². The number of halogens is 1. The average molecular weight is 373 g/mol. The van der Waals surface area contributed by atoms with Gasteiger partial charge in [0.25, 0.3) is 5.91 Å². The molecule has 3 rings (SSSR count). The third-order valence-corrected chi connectivity index (χ3v) is 4.55. The molecule has 0 aliphatic carbocycles. The largest absolute Gasteiger partial charge is 0.484 e. The molecule has 5 nitrogen and oxygen atoms in total. The summed E-state index contributed by atoms with van der Waals surface area (Å²) in [5, 5.41) is 3.52. The lowest BCUT2D eigenvalue weighted by Crippen LogP contribution is -2.31. The molecule has 1 N–H and O–H groups in total. The second kappa shape index (κ2) is 8.23. The highest BCUT2D eigenvalue weighted by Gasteiger charge is 2.21. The summed E-state index contributed by atoms with van der Waals surface area (Å²) in [6.07, 6.45) is 1.49. The van der Waals surface area contributed by atoms with Crippen LogP contribution in [0.25, 0.3) is 0 Å². The summed E-state index contributed by atoms with van der Waals surface area (Å²) >= 11 is 5.97. The van der Waals surface area contributed by atoms with Crippen molar-refractivity contribution in [1.29, 1.82) is 0 Å². The zero-order valence-corrected chi connectivity index (χ0v) is 15.3. The molecule has 136 valence electrons. The minimum atomic E-state index is -0.212. The third-order valence-electron chi connectivity index (χ3n) is 4.32. The van der Waals surface area contributed by atoms with Crippen molar-refractivity contribution in [3.8, 4) is 5.75 Å². The van der Waals surface area contributed by atoms with Gasteiger partial charge in [0.05, 0.1) is 6.04 Å². The monoisotopic (exact) mass is 372 g/mol. The molecule has 1 unspecified atom stereocenters. The molecule has 6 heteroatoms. The van der Waals surface area contributed by atoms with Crippen molar-refractivity contribution in [3.63, 3.8) is 0 Å². The topological polar surface area (TPSA) is 58.6 Å². The lowest BCUT2D eigenvalue weighted by Gasteiger charge is -2.17. The number of benzene rings is 2. The fraction of sp³-hybridized carbons (Fsp3) is 0.300. The molecule has 1 heterocycles. The van der Waals surface area contributed by atoms with E-state index in [1.165, 1.54) is 0 Å². The maximum Gasteiger partial charge on any atom is 0.258 e. The number of nitrogens with one attached hydrogen (secondary N) is 1. The van der Waals surface area contributed by atoms with Gasteiger partial charge in [-0.25, -0.2) is 0 Å². The lowest BCUT2D eigenvalue weighted by atomic mass is 10.1. The molecule has 2 aromatic carbocycles. The van der Waals surface area contributed by atoms with Crippen LogP contribution in [0, 0.1) is 0 Å². The van der Waals surface area contributed by atoms with E-state index in [9.17, 15) is 9.59 Å². The number of hydrogen-bond donors (Lipinski definition) is 1. The Morgan fingerprint density at radius 2 is 2.04 bits per heavy atom. The van der Waals surface area contributed by atoms with Crippen LogP contribution in [0.3, 0.4) is 0 Å². The first-order chi connectivity index (χ1) is 12.5. The number of carbonyl (C=O) groups excluding carboxylic acids is 2. The Hall–Kier alpha value is -2.53. The van der Waals surface area contributed by atoms with Gasteiger partial charge in [-0.3, -0.25) is 9.59 Å². The number of ether oxygens (including phenoxy) is 1. The molecule has 1 fully saturated rings. The normalized spacial score (nSPS) is 15.0. The first kappa shape index (κ1) is 18.3. The molecule has 26 heavy (non-hydrogen) atoms. The predicted molar refractivity (Wildman–Crippen MR) is 102 cm³/mol. The Morgan fingerprint density at radius 3 is 2.69 bits per heavy atom. The van der Waals surface area contributed by atoms with E-state index in [0.29, 0.717) is 17.2 Å². The van der Waals surface area contributed by atoms with Crippen molar-refractivity contribution < 1.29 is 14.3 Å². The Balaban J connectivity index is 1.50. The number of anilines is 1. The standard InChI is InChI=1S/C20H21ClN2O3/c1-14(15-4-2-5-16(21)12-15)22-19(24)13-26-18-9-7-17(8-10-18)23-11-3-6-20(23)25/h2,4-5,7-10,12,14H,3,6,11,13H2,1H3,(H,22,24).